The van der Waals surface area contributed by atoms with E-state index in [4.69, 9.17) is 19.3 Å². The number of aromatic nitrogens is 8. The van der Waals surface area contributed by atoms with Gasteiger partial charge in [0.15, 0.2) is 14.3 Å². The van der Waals surface area contributed by atoms with Crippen LogP contribution in [0.3, 0.4) is 0 Å². The molecule has 0 N–H and O–H groups in total. The molecule has 1 aliphatic heterocycles. The van der Waals surface area contributed by atoms with Gasteiger partial charge in [0.1, 0.15) is 28.5 Å². The Hall–Kier alpha value is -9.71. The van der Waals surface area contributed by atoms with Gasteiger partial charge in [0, 0.05) is 53.3 Å². The molecule has 90 heavy (non-hydrogen) atoms. The highest BCUT2D eigenvalue weighted by Crippen LogP contribution is 2.50. The van der Waals surface area contributed by atoms with Gasteiger partial charge >= 0.3 is 18.8 Å². The fraction of sp³-hybridized carbons (Fsp3) is 0.114. The molecular weight excluding hydrogens is 1280 g/mol. The highest BCUT2D eigenvalue weighted by molar-refractivity contribution is 14.1. The summed E-state index contributed by atoms with van der Waals surface area (Å²) in [6.07, 6.45) is 10.4. The number of halogens is 1. The zero-order valence-corrected chi connectivity index (χ0v) is 52.7. The molecule has 0 saturated carbocycles. The molecule has 0 amide bonds. The van der Waals surface area contributed by atoms with Crippen LogP contribution in [0.15, 0.2) is 256 Å². The van der Waals surface area contributed by atoms with Gasteiger partial charge in [-0.15, -0.1) is 22.7 Å². The van der Waals surface area contributed by atoms with Gasteiger partial charge in [-0.1, -0.05) is 182 Å². The van der Waals surface area contributed by atoms with Crippen molar-refractivity contribution in [2.45, 2.75) is 50.0 Å². The fourth-order valence-corrected chi connectivity index (χ4v) is 14.7. The van der Waals surface area contributed by atoms with Gasteiger partial charge in [-0.2, -0.15) is 0 Å². The van der Waals surface area contributed by atoms with Crippen LogP contribution in [-0.4, -0.2) is 67.2 Å². The molecule has 20 heteroatoms. The summed E-state index contributed by atoms with van der Waals surface area (Å²) >= 11 is 5.54. The first-order chi connectivity index (χ1) is 43.7. The lowest BCUT2D eigenvalue weighted by Crippen LogP contribution is -2.41. The SMILES string of the molecule is CC1(C)OB(c2ccnc([N+](=O)[O-])c2)OC1(C)C.Ic1nc2c(s1)c1cnccc1n2C(c1ccccc1)(c1ccccc1)c1ccccc1.O=[N+]([O-])c1cc(-c2nc3c(s2)c2cnccc2n3C(c2ccccc2)(c2ccccc2)c2ccccc2)ccn1. The van der Waals surface area contributed by atoms with Gasteiger partial charge in [-0.05, 0) is 133 Å². The standard InChI is InChI=1S/C32H21N5O2S.C27H18IN3S.C11H15BN2O4/c38-37(39)28-20-22(16-19-34-28)31-35-30-29(40-31)26-21-33-18-17-27(26)36(30)32(23-10-4-1-5-11-23,24-12-6-2-7-13-24)25-14-8-3-9-15-25;28-26-30-25-24(32-26)22-18-29-17-16-23(22)31(25)27(19-10-4-1-5-11-19,20-12-6-2-7-13-20)21-14-8-3-9-15-21;1-10(2)11(3,4)18-12(17-10)8-5-6-13-9(7-8)14(15)16/h1-21H;1-18H;5-7H,1-4H3. The fourth-order valence-electron chi connectivity index (χ4n) is 12.0. The summed E-state index contributed by atoms with van der Waals surface area (Å²) in [4.78, 5) is 47.8. The van der Waals surface area contributed by atoms with Crippen molar-refractivity contribution in [3.8, 4) is 10.6 Å². The number of rotatable bonds is 12. The Kier molecular flexibility index (Phi) is 16.0. The second-order valence-electron chi connectivity index (χ2n) is 22.3. The van der Waals surface area contributed by atoms with Gasteiger partial charge in [0.2, 0.25) is 0 Å². The normalized spacial score (nSPS) is 13.6. The predicted molar refractivity (Wildman–Crippen MR) is 364 cm³/mol. The zero-order valence-electron chi connectivity index (χ0n) is 48.9. The second-order valence-corrected chi connectivity index (χ2v) is 26.1. The zero-order chi connectivity index (χ0) is 62.2. The van der Waals surface area contributed by atoms with Crippen molar-refractivity contribution >= 4 is 112 Å². The Morgan fingerprint density at radius 3 is 1.24 bits per heavy atom. The molecule has 9 heterocycles. The van der Waals surface area contributed by atoms with Crippen LogP contribution < -0.4 is 5.46 Å². The van der Waals surface area contributed by atoms with Crippen LogP contribution in [0.2, 0.25) is 0 Å². The van der Waals surface area contributed by atoms with E-state index >= 15 is 0 Å². The Balaban J connectivity index is 0.000000133. The smallest absolute Gasteiger partial charge is 0.399 e. The molecule has 1 fully saturated rings. The highest BCUT2D eigenvalue weighted by Gasteiger charge is 2.52. The number of benzene rings is 6. The Morgan fingerprint density at radius 2 is 0.844 bits per heavy atom. The quantitative estimate of drug-likeness (QED) is 0.0370. The summed E-state index contributed by atoms with van der Waals surface area (Å²) < 4.78 is 19.5. The van der Waals surface area contributed by atoms with E-state index in [1.165, 1.54) is 57.3 Å². The molecular formula is C70H54BIN10O6S2. The predicted octanol–water partition coefficient (Wildman–Crippen LogP) is 15.8. The van der Waals surface area contributed by atoms with Gasteiger partial charge < -0.3 is 38.7 Å². The molecule has 0 radical (unpaired) electrons. The third-order valence-corrected chi connectivity index (χ3v) is 19.6. The lowest BCUT2D eigenvalue weighted by atomic mass is 9.76. The molecule has 14 aromatic rings. The first kappa shape index (κ1) is 59.3. The number of hydrogen-bond donors (Lipinski definition) is 0. The summed E-state index contributed by atoms with van der Waals surface area (Å²) in [5.74, 6) is -0.416. The van der Waals surface area contributed by atoms with E-state index in [0.29, 0.717) is 16.0 Å². The molecule has 16 nitrogen and oxygen atoms in total. The van der Waals surface area contributed by atoms with Crippen LogP contribution >= 0.6 is 45.3 Å². The number of pyridine rings is 4. The molecule has 0 unspecified atom stereocenters. The van der Waals surface area contributed by atoms with Crippen molar-refractivity contribution in [2.75, 3.05) is 0 Å². The van der Waals surface area contributed by atoms with E-state index in [1.807, 2.05) is 70.6 Å². The van der Waals surface area contributed by atoms with Gasteiger partial charge in [0.25, 0.3) is 0 Å². The molecule has 1 aliphatic rings. The van der Waals surface area contributed by atoms with Crippen molar-refractivity contribution in [1.82, 2.24) is 39.0 Å². The Labute approximate surface area is 539 Å². The number of hydrogen-bond acceptors (Lipinski definition) is 14. The topological polar surface area (TPSA) is 192 Å². The Morgan fingerprint density at radius 1 is 0.478 bits per heavy atom. The van der Waals surface area contributed by atoms with E-state index in [0.717, 1.165) is 57.5 Å². The maximum atomic E-state index is 11.5. The summed E-state index contributed by atoms with van der Waals surface area (Å²) in [5, 5.41) is 24.9. The van der Waals surface area contributed by atoms with Crippen molar-refractivity contribution in [3.05, 3.63) is 312 Å². The van der Waals surface area contributed by atoms with Crippen molar-refractivity contribution in [3.63, 3.8) is 0 Å². The minimum Gasteiger partial charge on any atom is -0.399 e. The van der Waals surface area contributed by atoms with Crippen LogP contribution in [0.5, 0.6) is 0 Å². The van der Waals surface area contributed by atoms with Gasteiger partial charge in [0.05, 0.1) is 31.6 Å². The van der Waals surface area contributed by atoms with Crippen molar-refractivity contribution in [2.24, 2.45) is 0 Å². The van der Waals surface area contributed by atoms with Crippen molar-refractivity contribution < 1.29 is 19.2 Å². The van der Waals surface area contributed by atoms with Crippen molar-refractivity contribution in [1.29, 1.82) is 0 Å². The summed E-state index contributed by atoms with van der Waals surface area (Å²) in [7, 11) is -0.600. The van der Waals surface area contributed by atoms with Crippen LogP contribution in [0.1, 0.15) is 61.1 Å². The molecule has 442 valence electrons. The van der Waals surface area contributed by atoms with E-state index < -0.39 is 39.2 Å². The molecule has 15 rings (SSSR count). The molecule has 0 aliphatic carbocycles. The van der Waals surface area contributed by atoms with E-state index in [-0.39, 0.29) is 11.6 Å². The summed E-state index contributed by atoms with van der Waals surface area (Å²) in [6, 6.07) is 74.0. The van der Waals surface area contributed by atoms with Crippen LogP contribution in [0.4, 0.5) is 11.6 Å². The maximum Gasteiger partial charge on any atom is 0.495 e. The largest absolute Gasteiger partial charge is 0.495 e. The molecule has 0 spiro atoms. The van der Waals surface area contributed by atoms with Gasteiger partial charge in [-0.25, -0.2) is 9.97 Å². The summed E-state index contributed by atoms with van der Waals surface area (Å²) in [5.41, 5.74) is 9.65. The number of nitro groups is 2. The van der Waals surface area contributed by atoms with Crippen LogP contribution in [0.25, 0.3) is 53.1 Å². The molecule has 6 aromatic carbocycles. The third kappa shape index (κ3) is 10.5. The third-order valence-electron chi connectivity index (χ3n) is 16.7. The van der Waals surface area contributed by atoms with Crippen LogP contribution in [0, 0.1) is 23.2 Å². The second kappa shape index (κ2) is 24.3. The van der Waals surface area contributed by atoms with E-state index in [1.54, 1.807) is 29.7 Å². The minimum atomic E-state index is -0.777. The lowest BCUT2D eigenvalue weighted by Gasteiger charge is -2.38. The molecule has 0 bridgehead atoms. The molecule has 0 atom stereocenters. The summed E-state index contributed by atoms with van der Waals surface area (Å²) in [6.45, 7) is 7.73. The average molecular weight is 1330 g/mol. The lowest BCUT2D eigenvalue weighted by molar-refractivity contribution is -0.389. The first-order valence-corrected chi connectivity index (χ1v) is 31.5. The average Bonchev–Trinajstić information content (AvgIpc) is 1.47. The van der Waals surface area contributed by atoms with E-state index in [9.17, 15) is 20.2 Å². The first-order valence-electron chi connectivity index (χ1n) is 28.8. The molecule has 8 aromatic heterocycles. The van der Waals surface area contributed by atoms with Crippen LogP contribution in [-0.2, 0) is 20.4 Å². The van der Waals surface area contributed by atoms with E-state index in [2.05, 4.69) is 222 Å². The monoisotopic (exact) mass is 1330 g/mol. The number of fused-ring (bicyclic) bond motifs is 6. The highest BCUT2D eigenvalue weighted by atomic mass is 127. The minimum absolute atomic E-state index is 0.206. The Bertz CT molecular complexity index is 4700. The molecule has 1 saturated heterocycles. The maximum absolute atomic E-state index is 11.5. The number of nitrogens with zero attached hydrogens (tertiary/aromatic N) is 10. The van der Waals surface area contributed by atoms with Gasteiger partial charge in [-0.3, -0.25) is 9.97 Å². The number of thiazole rings is 2.